The zero-order chi connectivity index (χ0) is 13.5. The van der Waals surface area contributed by atoms with Crippen LogP contribution in [-0.2, 0) is 0 Å². The van der Waals surface area contributed by atoms with Crippen molar-refractivity contribution >= 4 is 31.5 Å². The van der Waals surface area contributed by atoms with Crippen LogP contribution in [0.2, 0.25) is 0 Å². The van der Waals surface area contributed by atoms with Gasteiger partial charge in [0.05, 0.1) is 0 Å². The van der Waals surface area contributed by atoms with Crippen LogP contribution in [-0.4, -0.2) is 0 Å². The van der Waals surface area contributed by atoms with E-state index in [1.165, 1.54) is 36.9 Å². The van der Waals surface area contributed by atoms with E-state index < -0.39 is 0 Å². The molecule has 4 aromatic rings. The van der Waals surface area contributed by atoms with E-state index in [-0.39, 0.29) is 0 Å². The predicted molar refractivity (Wildman–Crippen MR) is 89.5 cm³/mol. The van der Waals surface area contributed by atoms with Gasteiger partial charge in [0.25, 0.3) is 0 Å². The Kier molecular flexibility index (Phi) is 2.61. The van der Waals surface area contributed by atoms with Gasteiger partial charge < -0.3 is 0 Å². The minimum atomic E-state index is 1.29. The average Bonchev–Trinajstić information content (AvgIpc) is 2.85. The maximum atomic E-state index is 2.29. The SMILES string of the molecule is Cc1ccc2c(c1)sc1cccc(-c3ccccc3)c12. The second-order valence-electron chi connectivity index (χ2n) is 5.15. The lowest BCUT2D eigenvalue weighted by molar-refractivity contribution is 1.52. The van der Waals surface area contributed by atoms with Crippen molar-refractivity contribution in [3.05, 3.63) is 72.3 Å². The number of thiophene rings is 1. The van der Waals surface area contributed by atoms with Crippen LogP contribution in [0, 0.1) is 6.92 Å². The van der Waals surface area contributed by atoms with E-state index in [9.17, 15) is 0 Å². The molecule has 0 fully saturated rings. The van der Waals surface area contributed by atoms with Gasteiger partial charge in [0.15, 0.2) is 0 Å². The van der Waals surface area contributed by atoms with Gasteiger partial charge >= 0.3 is 0 Å². The number of fused-ring (bicyclic) bond motifs is 3. The van der Waals surface area contributed by atoms with Crippen LogP contribution in [0.25, 0.3) is 31.3 Å². The number of hydrogen-bond acceptors (Lipinski definition) is 1. The van der Waals surface area contributed by atoms with Gasteiger partial charge in [-0.2, -0.15) is 0 Å². The topological polar surface area (TPSA) is 0 Å². The molecule has 0 saturated carbocycles. The highest BCUT2D eigenvalue weighted by atomic mass is 32.1. The average molecular weight is 274 g/mol. The number of aryl methyl sites for hydroxylation is 1. The van der Waals surface area contributed by atoms with Crippen molar-refractivity contribution < 1.29 is 0 Å². The highest BCUT2D eigenvalue weighted by molar-refractivity contribution is 7.25. The number of benzene rings is 3. The Morgan fingerprint density at radius 2 is 1.60 bits per heavy atom. The van der Waals surface area contributed by atoms with Gasteiger partial charge in [-0.3, -0.25) is 0 Å². The molecule has 0 nitrogen and oxygen atoms in total. The first kappa shape index (κ1) is 11.7. The Morgan fingerprint density at radius 1 is 0.750 bits per heavy atom. The fourth-order valence-electron chi connectivity index (χ4n) is 2.79. The van der Waals surface area contributed by atoms with Gasteiger partial charge in [-0.25, -0.2) is 0 Å². The molecular formula is C19H14S. The summed E-state index contributed by atoms with van der Waals surface area (Å²) in [6.07, 6.45) is 0. The van der Waals surface area contributed by atoms with Crippen molar-refractivity contribution in [2.75, 3.05) is 0 Å². The van der Waals surface area contributed by atoms with Crippen LogP contribution in [0.15, 0.2) is 66.7 Å². The van der Waals surface area contributed by atoms with Crippen molar-refractivity contribution in [2.24, 2.45) is 0 Å². The number of hydrogen-bond donors (Lipinski definition) is 0. The van der Waals surface area contributed by atoms with E-state index in [1.807, 2.05) is 11.3 Å². The summed E-state index contributed by atoms with van der Waals surface area (Å²) in [6, 6.07) is 24.0. The second-order valence-corrected chi connectivity index (χ2v) is 6.23. The molecule has 0 atom stereocenters. The van der Waals surface area contributed by atoms with Crippen LogP contribution in [0.1, 0.15) is 5.56 Å². The first-order valence-corrected chi connectivity index (χ1v) is 7.62. The van der Waals surface area contributed by atoms with Crippen molar-refractivity contribution in [3.63, 3.8) is 0 Å². The van der Waals surface area contributed by atoms with Crippen molar-refractivity contribution in [2.45, 2.75) is 6.92 Å². The molecule has 0 radical (unpaired) electrons. The van der Waals surface area contributed by atoms with Crippen molar-refractivity contribution in [1.29, 1.82) is 0 Å². The van der Waals surface area contributed by atoms with Gasteiger partial charge in [0, 0.05) is 20.2 Å². The number of rotatable bonds is 1. The molecule has 0 N–H and O–H groups in total. The molecule has 96 valence electrons. The minimum Gasteiger partial charge on any atom is -0.135 e. The molecule has 0 unspecified atom stereocenters. The van der Waals surface area contributed by atoms with Crippen LogP contribution in [0.5, 0.6) is 0 Å². The summed E-state index contributed by atoms with van der Waals surface area (Å²) in [5, 5.41) is 2.76. The maximum absolute atomic E-state index is 2.29. The lowest BCUT2D eigenvalue weighted by Gasteiger charge is -2.04. The molecule has 0 spiro atoms. The normalized spacial score (nSPS) is 11.2. The predicted octanol–water partition coefficient (Wildman–Crippen LogP) is 6.03. The molecule has 0 bridgehead atoms. The van der Waals surface area contributed by atoms with Gasteiger partial charge in [0.2, 0.25) is 0 Å². The molecule has 0 amide bonds. The van der Waals surface area contributed by atoms with E-state index in [0.717, 1.165) is 0 Å². The molecule has 0 saturated heterocycles. The molecule has 3 aromatic carbocycles. The van der Waals surface area contributed by atoms with Gasteiger partial charge in [-0.15, -0.1) is 11.3 Å². The Labute approximate surface area is 122 Å². The summed E-state index contributed by atoms with van der Waals surface area (Å²) in [6.45, 7) is 2.15. The zero-order valence-corrected chi connectivity index (χ0v) is 12.1. The summed E-state index contributed by atoms with van der Waals surface area (Å²) in [5.41, 5.74) is 3.95. The third-order valence-electron chi connectivity index (χ3n) is 3.74. The van der Waals surface area contributed by atoms with E-state index >= 15 is 0 Å². The summed E-state index contributed by atoms with van der Waals surface area (Å²) in [5.74, 6) is 0. The molecule has 20 heavy (non-hydrogen) atoms. The third kappa shape index (κ3) is 1.75. The largest absolute Gasteiger partial charge is 0.135 e. The monoisotopic (exact) mass is 274 g/mol. The molecule has 4 rings (SSSR count). The Morgan fingerprint density at radius 3 is 2.45 bits per heavy atom. The molecular weight excluding hydrogens is 260 g/mol. The van der Waals surface area contributed by atoms with Gasteiger partial charge in [0.1, 0.15) is 0 Å². The lowest BCUT2D eigenvalue weighted by atomic mass is 9.99. The van der Waals surface area contributed by atoms with E-state index in [4.69, 9.17) is 0 Å². The maximum Gasteiger partial charge on any atom is 0.0361 e. The highest BCUT2D eigenvalue weighted by Gasteiger charge is 2.10. The van der Waals surface area contributed by atoms with Crippen LogP contribution >= 0.6 is 11.3 Å². The molecule has 1 heterocycles. The summed E-state index contributed by atoms with van der Waals surface area (Å²) in [4.78, 5) is 0. The first-order chi connectivity index (χ1) is 9.83. The first-order valence-electron chi connectivity index (χ1n) is 6.80. The quantitative estimate of drug-likeness (QED) is 0.397. The zero-order valence-electron chi connectivity index (χ0n) is 11.3. The molecule has 0 aliphatic rings. The van der Waals surface area contributed by atoms with Crippen LogP contribution in [0.3, 0.4) is 0 Å². The van der Waals surface area contributed by atoms with E-state index in [0.29, 0.717) is 0 Å². The second kappa shape index (κ2) is 4.46. The Balaban J connectivity index is 2.14. The van der Waals surface area contributed by atoms with E-state index in [1.54, 1.807) is 0 Å². The lowest BCUT2D eigenvalue weighted by Crippen LogP contribution is -1.78. The van der Waals surface area contributed by atoms with E-state index in [2.05, 4.69) is 73.7 Å². The molecule has 0 aliphatic carbocycles. The third-order valence-corrected chi connectivity index (χ3v) is 4.86. The van der Waals surface area contributed by atoms with Crippen molar-refractivity contribution in [1.82, 2.24) is 0 Å². The molecule has 0 aliphatic heterocycles. The van der Waals surface area contributed by atoms with Crippen molar-refractivity contribution in [3.8, 4) is 11.1 Å². The Hall–Kier alpha value is -2.12. The molecule has 1 heteroatoms. The summed E-state index contributed by atoms with van der Waals surface area (Å²) in [7, 11) is 0. The van der Waals surface area contributed by atoms with Gasteiger partial charge in [-0.1, -0.05) is 54.6 Å². The minimum absolute atomic E-state index is 1.29. The summed E-state index contributed by atoms with van der Waals surface area (Å²) >= 11 is 1.88. The molecule has 1 aromatic heterocycles. The van der Waals surface area contributed by atoms with Crippen LogP contribution in [0.4, 0.5) is 0 Å². The van der Waals surface area contributed by atoms with Gasteiger partial charge in [-0.05, 0) is 35.7 Å². The fourth-order valence-corrected chi connectivity index (χ4v) is 4.02. The Bertz CT molecular complexity index is 901. The highest BCUT2D eigenvalue weighted by Crippen LogP contribution is 2.39. The fraction of sp³-hybridized carbons (Fsp3) is 0.0526. The smallest absolute Gasteiger partial charge is 0.0361 e. The summed E-state index contributed by atoms with van der Waals surface area (Å²) < 4.78 is 2.75. The van der Waals surface area contributed by atoms with Crippen LogP contribution < -0.4 is 0 Å². The standard InChI is InChI=1S/C19H14S/c1-13-10-11-16-18(12-13)20-17-9-5-8-15(19(16)17)14-6-3-2-4-7-14/h2-12H,1H3.